The fourth-order valence-corrected chi connectivity index (χ4v) is 6.90. The first kappa shape index (κ1) is 18.6. The number of fused-ring (bicyclic) bond motifs is 2. The van der Waals surface area contributed by atoms with Gasteiger partial charge in [-0.05, 0) is 74.1 Å². The Hall–Kier alpha value is -2.21. The molecular formula is C24H27FN2O3. The monoisotopic (exact) mass is 410 g/mol. The molecule has 2 bridgehead atoms. The summed E-state index contributed by atoms with van der Waals surface area (Å²) in [5.41, 5.74) is 0.815. The van der Waals surface area contributed by atoms with Crippen molar-refractivity contribution in [2.45, 2.75) is 50.7 Å². The number of aliphatic hydroxyl groups excluding tert-OH is 1. The summed E-state index contributed by atoms with van der Waals surface area (Å²) >= 11 is 0. The van der Waals surface area contributed by atoms with Crippen LogP contribution in [0.4, 0.5) is 4.39 Å². The number of carbonyl (C=O) groups is 1. The second-order valence-electron chi connectivity index (χ2n) is 10.3. The minimum atomic E-state index is -0.289. The van der Waals surface area contributed by atoms with Gasteiger partial charge < -0.3 is 15.2 Å². The SMILES string of the molecule is CC(C(=O)NC12CC(CO)(C1)C2)[C@H]1[C@@H]2C[C@@H](Oc3ccnc4ccc(F)cc34)C[C@@H]21. The number of ether oxygens (including phenoxy) is 1. The quantitative estimate of drug-likeness (QED) is 0.765. The van der Waals surface area contributed by atoms with Crippen molar-refractivity contribution in [1.29, 1.82) is 0 Å². The van der Waals surface area contributed by atoms with Gasteiger partial charge in [-0.3, -0.25) is 9.78 Å². The molecule has 30 heavy (non-hydrogen) atoms. The van der Waals surface area contributed by atoms with Crippen LogP contribution in [-0.2, 0) is 4.79 Å². The molecule has 1 aromatic heterocycles. The molecule has 2 N–H and O–H groups in total. The van der Waals surface area contributed by atoms with E-state index < -0.39 is 0 Å². The highest BCUT2D eigenvalue weighted by Gasteiger charge is 2.68. The van der Waals surface area contributed by atoms with Crippen molar-refractivity contribution in [2.24, 2.45) is 29.1 Å². The molecule has 5 nitrogen and oxygen atoms in total. The molecule has 5 saturated carbocycles. The summed E-state index contributed by atoms with van der Waals surface area (Å²) in [7, 11) is 0. The minimum Gasteiger partial charge on any atom is -0.490 e. The lowest BCUT2D eigenvalue weighted by atomic mass is 9.39. The summed E-state index contributed by atoms with van der Waals surface area (Å²) in [5, 5.41) is 13.4. The largest absolute Gasteiger partial charge is 0.490 e. The Morgan fingerprint density at radius 1 is 1.30 bits per heavy atom. The predicted molar refractivity (Wildman–Crippen MR) is 109 cm³/mol. The van der Waals surface area contributed by atoms with Crippen molar-refractivity contribution < 1.29 is 19.0 Å². The van der Waals surface area contributed by atoms with Crippen LogP contribution >= 0.6 is 0 Å². The Balaban J connectivity index is 1.05. The molecule has 5 fully saturated rings. The van der Waals surface area contributed by atoms with Gasteiger partial charge in [0.25, 0.3) is 0 Å². The van der Waals surface area contributed by atoms with Gasteiger partial charge in [-0.1, -0.05) is 6.92 Å². The number of nitrogens with one attached hydrogen (secondary N) is 1. The summed E-state index contributed by atoms with van der Waals surface area (Å²) < 4.78 is 19.9. The zero-order valence-electron chi connectivity index (χ0n) is 17.1. The number of amides is 1. The summed E-state index contributed by atoms with van der Waals surface area (Å²) in [6.07, 6.45) is 6.51. The molecule has 158 valence electrons. The number of halogens is 1. The number of rotatable bonds is 6. The second kappa shape index (κ2) is 6.16. The van der Waals surface area contributed by atoms with Crippen molar-refractivity contribution in [1.82, 2.24) is 10.3 Å². The highest BCUT2D eigenvalue weighted by molar-refractivity contribution is 5.84. The third-order valence-corrected chi connectivity index (χ3v) is 8.28. The molecule has 0 aliphatic heterocycles. The average Bonchev–Trinajstić information content (AvgIpc) is 3.17. The van der Waals surface area contributed by atoms with E-state index in [1.807, 2.05) is 6.07 Å². The maximum atomic E-state index is 13.7. The Labute approximate surface area is 175 Å². The van der Waals surface area contributed by atoms with Crippen LogP contribution in [0.25, 0.3) is 10.9 Å². The number of nitrogens with zero attached hydrogens (tertiary/aromatic N) is 1. The first-order valence-corrected chi connectivity index (χ1v) is 11.0. The van der Waals surface area contributed by atoms with Gasteiger partial charge in [0.15, 0.2) is 0 Å². The molecule has 5 aliphatic rings. The van der Waals surface area contributed by atoms with Gasteiger partial charge in [-0.2, -0.15) is 0 Å². The Kier molecular flexibility index (Phi) is 3.81. The van der Waals surface area contributed by atoms with E-state index in [0.29, 0.717) is 28.9 Å². The van der Waals surface area contributed by atoms with Gasteiger partial charge in [0.05, 0.1) is 11.6 Å². The Morgan fingerprint density at radius 2 is 2.03 bits per heavy atom. The molecule has 5 atom stereocenters. The lowest BCUT2D eigenvalue weighted by molar-refractivity contribution is -0.184. The number of pyridine rings is 1. The normalized spacial score (nSPS) is 38.9. The van der Waals surface area contributed by atoms with Crippen LogP contribution in [0.1, 0.15) is 39.0 Å². The molecule has 0 spiro atoms. The molecule has 1 amide bonds. The van der Waals surface area contributed by atoms with Gasteiger partial charge in [-0.15, -0.1) is 0 Å². The van der Waals surface area contributed by atoms with E-state index in [-0.39, 0.29) is 41.3 Å². The van der Waals surface area contributed by atoms with E-state index in [2.05, 4.69) is 17.2 Å². The van der Waals surface area contributed by atoms with Gasteiger partial charge in [-0.25, -0.2) is 4.39 Å². The highest BCUT2D eigenvalue weighted by Crippen LogP contribution is 2.67. The topological polar surface area (TPSA) is 71.5 Å². The van der Waals surface area contributed by atoms with Crippen molar-refractivity contribution in [2.75, 3.05) is 6.61 Å². The summed E-state index contributed by atoms with van der Waals surface area (Å²) in [6, 6.07) is 6.38. The molecule has 1 aromatic carbocycles. The molecular weight excluding hydrogens is 383 g/mol. The second-order valence-corrected chi connectivity index (χ2v) is 10.3. The first-order chi connectivity index (χ1) is 14.4. The summed E-state index contributed by atoms with van der Waals surface area (Å²) in [5.74, 6) is 2.12. The van der Waals surface area contributed by atoms with Crippen LogP contribution in [-0.4, -0.2) is 34.2 Å². The Bertz CT molecular complexity index is 1010. The molecule has 5 aliphatic carbocycles. The number of hydrogen-bond acceptors (Lipinski definition) is 4. The number of benzene rings is 1. The van der Waals surface area contributed by atoms with E-state index in [1.165, 1.54) is 12.1 Å². The van der Waals surface area contributed by atoms with E-state index >= 15 is 0 Å². The van der Waals surface area contributed by atoms with E-state index in [0.717, 1.165) is 37.6 Å². The molecule has 0 radical (unpaired) electrons. The highest BCUT2D eigenvalue weighted by atomic mass is 19.1. The standard InChI is InChI=1S/C24H27FN2O3/c1-13(22(29)27-24-9-23(10-24,11-24)12-28)21-16-7-15(8-17(16)21)30-20-4-5-26-19-3-2-14(25)6-18(19)20/h2-6,13,15-17,21,28H,7-12H2,1H3,(H,27,29)/t13?,15-,16-,17+,21+,23?,24?. The molecule has 1 heterocycles. The Morgan fingerprint density at radius 3 is 2.73 bits per heavy atom. The molecule has 6 heteroatoms. The average molecular weight is 410 g/mol. The van der Waals surface area contributed by atoms with Crippen LogP contribution < -0.4 is 10.1 Å². The molecule has 1 unspecified atom stereocenters. The first-order valence-electron chi connectivity index (χ1n) is 11.0. The maximum absolute atomic E-state index is 13.7. The van der Waals surface area contributed by atoms with E-state index in [9.17, 15) is 14.3 Å². The van der Waals surface area contributed by atoms with E-state index in [4.69, 9.17) is 4.74 Å². The lowest BCUT2D eigenvalue weighted by Crippen LogP contribution is -2.76. The maximum Gasteiger partial charge on any atom is 0.223 e. The van der Waals surface area contributed by atoms with Gasteiger partial charge >= 0.3 is 0 Å². The fourth-order valence-electron chi connectivity index (χ4n) is 6.90. The third kappa shape index (κ3) is 2.69. The minimum absolute atomic E-state index is 0.0240. The van der Waals surface area contributed by atoms with Crippen molar-refractivity contribution in [3.8, 4) is 5.75 Å². The molecule has 2 aromatic rings. The van der Waals surface area contributed by atoms with Crippen LogP contribution in [0.5, 0.6) is 5.75 Å². The number of aromatic nitrogens is 1. The smallest absolute Gasteiger partial charge is 0.223 e. The third-order valence-electron chi connectivity index (χ3n) is 8.28. The summed E-state index contributed by atoms with van der Waals surface area (Å²) in [4.78, 5) is 17.1. The van der Waals surface area contributed by atoms with Crippen LogP contribution in [0, 0.1) is 34.9 Å². The zero-order chi connectivity index (χ0) is 20.7. The van der Waals surface area contributed by atoms with Crippen LogP contribution in [0.15, 0.2) is 30.5 Å². The van der Waals surface area contributed by atoms with Crippen LogP contribution in [0.3, 0.4) is 0 Å². The van der Waals surface area contributed by atoms with Crippen LogP contribution in [0.2, 0.25) is 0 Å². The van der Waals surface area contributed by atoms with E-state index in [1.54, 1.807) is 12.3 Å². The molecule has 7 rings (SSSR count). The zero-order valence-corrected chi connectivity index (χ0v) is 17.1. The van der Waals surface area contributed by atoms with Crippen molar-refractivity contribution >= 4 is 16.8 Å². The molecule has 0 saturated heterocycles. The van der Waals surface area contributed by atoms with Crippen molar-refractivity contribution in [3.63, 3.8) is 0 Å². The van der Waals surface area contributed by atoms with Gasteiger partial charge in [0, 0.05) is 35.1 Å². The number of carbonyl (C=O) groups excluding carboxylic acids is 1. The van der Waals surface area contributed by atoms with Crippen molar-refractivity contribution in [3.05, 3.63) is 36.3 Å². The summed E-state index contributed by atoms with van der Waals surface area (Å²) in [6.45, 7) is 2.30. The predicted octanol–water partition coefficient (Wildman–Crippen LogP) is 3.44. The number of aliphatic hydroxyl groups is 1. The fraction of sp³-hybridized carbons (Fsp3) is 0.583. The lowest BCUT2D eigenvalue weighted by Gasteiger charge is -2.70. The van der Waals surface area contributed by atoms with Gasteiger partial charge in [0.1, 0.15) is 11.6 Å². The van der Waals surface area contributed by atoms with Gasteiger partial charge in [0.2, 0.25) is 5.91 Å². The number of hydrogen-bond donors (Lipinski definition) is 2.